The van der Waals surface area contributed by atoms with Crippen LogP contribution in [0, 0.1) is 0 Å². The van der Waals surface area contributed by atoms with Crippen molar-refractivity contribution in [3.63, 3.8) is 0 Å². The van der Waals surface area contributed by atoms with Crippen LogP contribution in [0.2, 0.25) is 0 Å². The van der Waals surface area contributed by atoms with Crippen LogP contribution in [0.1, 0.15) is 16.6 Å². The fourth-order valence-electron chi connectivity index (χ4n) is 3.24. The van der Waals surface area contributed by atoms with Gasteiger partial charge in [0.05, 0.1) is 17.4 Å². The summed E-state index contributed by atoms with van der Waals surface area (Å²) in [5.41, 5.74) is 1.35. The van der Waals surface area contributed by atoms with Crippen LogP contribution in [0.4, 0.5) is 0 Å². The molecule has 0 fully saturated rings. The zero-order valence-electron chi connectivity index (χ0n) is 16.5. The minimum absolute atomic E-state index is 0.0501. The fraction of sp³-hybridized carbons (Fsp3) is 0.125. The normalized spacial score (nSPS) is 11.9. The smallest absolute Gasteiger partial charge is 0.258 e. The van der Waals surface area contributed by atoms with Crippen LogP contribution in [-0.4, -0.2) is 27.8 Å². The van der Waals surface area contributed by atoms with Crippen LogP contribution in [0.5, 0.6) is 0 Å². The minimum atomic E-state index is -0.397. The Labute approximate surface area is 178 Å². The quantitative estimate of drug-likeness (QED) is 0.474. The van der Waals surface area contributed by atoms with Crippen molar-refractivity contribution in [2.45, 2.75) is 16.7 Å². The topological polar surface area (TPSA) is 66.1 Å². The number of aromatic nitrogens is 2. The first-order chi connectivity index (χ1) is 14.6. The van der Waals surface area contributed by atoms with Gasteiger partial charge in [-0.25, -0.2) is 4.98 Å². The van der Waals surface area contributed by atoms with E-state index in [-0.39, 0.29) is 18.0 Å². The second kappa shape index (κ2) is 8.97. The summed E-state index contributed by atoms with van der Waals surface area (Å²) in [6.45, 7) is 0.220. The molecule has 4 aromatic rings. The Bertz CT molecular complexity index is 1210. The fourth-order valence-corrected chi connectivity index (χ4v) is 4.40. The molecule has 0 saturated carbocycles. The van der Waals surface area contributed by atoms with E-state index in [0.717, 1.165) is 10.5 Å². The van der Waals surface area contributed by atoms with Gasteiger partial charge in [0, 0.05) is 11.9 Å². The number of fused-ring (bicyclic) bond motifs is 1. The summed E-state index contributed by atoms with van der Waals surface area (Å²) in [6, 6.07) is 26.8. The van der Waals surface area contributed by atoms with Gasteiger partial charge in [-0.05, 0) is 29.8 Å². The van der Waals surface area contributed by atoms with E-state index in [9.17, 15) is 9.59 Å². The van der Waals surface area contributed by atoms with Crippen molar-refractivity contribution >= 4 is 28.6 Å². The molecular formula is C24H21N3O2S. The summed E-state index contributed by atoms with van der Waals surface area (Å²) in [5, 5.41) is 0.141. The van der Waals surface area contributed by atoms with Gasteiger partial charge in [0.15, 0.2) is 0 Å². The number of carbonyl (C=O) groups is 1. The maximum Gasteiger partial charge on any atom is 0.258 e. The van der Waals surface area contributed by atoms with Crippen molar-refractivity contribution in [3.8, 4) is 0 Å². The number of thioether (sulfide) groups is 1. The standard InChI is InChI=1S/C24H21N3O2S/c1-27(16-21-25-20-15-9-8-14-19(20)23(28)26-21)24(29)22(17-10-4-2-5-11-17)30-18-12-6-3-7-13-18/h2-15,22H,16H2,1H3,(H,25,26,28). The third-order valence-electron chi connectivity index (χ3n) is 4.75. The summed E-state index contributed by atoms with van der Waals surface area (Å²) < 4.78 is 0. The van der Waals surface area contributed by atoms with Crippen molar-refractivity contribution in [1.29, 1.82) is 0 Å². The zero-order chi connectivity index (χ0) is 20.9. The molecule has 1 N–H and O–H groups in total. The van der Waals surface area contributed by atoms with Gasteiger partial charge in [-0.1, -0.05) is 60.7 Å². The van der Waals surface area contributed by atoms with Gasteiger partial charge in [-0.15, -0.1) is 11.8 Å². The molecular weight excluding hydrogens is 394 g/mol. The number of aromatic amines is 1. The molecule has 0 aliphatic heterocycles. The molecule has 0 aliphatic carbocycles. The molecule has 5 nitrogen and oxygen atoms in total. The number of benzene rings is 3. The lowest BCUT2D eigenvalue weighted by Crippen LogP contribution is -2.31. The molecule has 0 radical (unpaired) electrons. The van der Waals surface area contributed by atoms with E-state index in [2.05, 4.69) is 9.97 Å². The highest BCUT2D eigenvalue weighted by atomic mass is 32.2. The molecule has 0 bridgehead atoms. The van der Waals surface area contributed by atoms with Crippen LogP contribution in [0.15, 0.2) is 94.6 Å². The van der Waals surface area contributed by atoms with E-state index in [1.165, 1.54) is 11.8 Å². The van der Waals surface area contributed by atoms with Crippen LogP contribution < -0.4 is 5.56 Å². The molecule has 1 unspecified atom stereocenters. The Hall–Kier alpha value is -3.38. The van der Waals surface area contributed by atoms with Gasteiger partial charge in [-0.2, -0.15) is 0 Å². The summed E-state index contributed by atoms with van der Waals surface area (Å²) >= 11 is 1.51. The predicted molar refractivity (Wildman–Crippen MR) is 120 cm³/mol. The van der Waals surface area contributed by atoms with E-state index >= 15 is 0 Å². The van der Waals surface area contributed by atoms with E-state index in [1.807, 2.05) is 66.7 Å². The van der Waals surface area contributed by atoms with Gasteiger partial charge in [-0.3, -0.25) is 9.59 Å². The molecule has 1 amide bonds. The summed E-state index contributed by atoms with van der Waals surface area (Å²) in [5.74, 6) is 0.414. The highest BCUT2D eigenvalue weighted by Crippen LogP contribution is 2.36. The van der Waals surface area contributed by atoms with E-state index < -0.39 is 5.25 Å². The second-order valence-corrected chi connectivity index (χ2v) is 8.12. The lowest BCUT2D eigenvalue weighted by Gasteiger charge is -2.23. The molecule has 1 heterocycles. The van der Waals surface area contributed by atoms with Gasteiger partial charge >= 0.3 is 0 Å². The van der Waals surface area contributed by atoms with Crippen molar-refractivity contribution in [1.82, 2.24) is 14.9 Å². The van der Waals surface area contributed by atoms with Crippen molar-refractivity contribution < 1.29 is 4.79 Å². The molecule has 1 aromatic heterocycles. The number of nitrogens with zero attached hydrogens (tertiary/aromatic N) is 2. The molecule has 0 spiro atoms. The Balaban J connectivity index is 1.60. The first-order valence-electron chi connectivity index (χ1n) is 9.61. The van der Waals surface area contributed by atoms with E-state index in [0.29, 0.717) is 16.7 Å². The summed E-state index contributed by atoms with van der Waals surface area (Å²) in [7, 11) is 1.74. The average molecular weight is 416 g/mol. The largest absolute Gasteiger partial charge is 0.337 e. The Kier molecular flexibility index (Phi) is 5.95. The maximum atomic E-state index is 13.4. The molecule has 0 saturated heterocycles. The molecule has 6 heteroatoms. The molecule has 1 atom stereocenters. The first-order valence-corrected chi connectivity index (χ1v) is 10.5. The van der Waals surface area contributed by atoms with E-state index in [1.54, 1.807) is 30.1 Å². The van der Waals surface area contributed by atoms with Crippen LogP contribution in [0.25, 0.3) is 10.9 Å². The number of likely N-dealkylation sites (N-methyl/N-ethyl adjacent to an activating group) is 1. The number of nitrogens with one attached hydrogen (secondary N) is 1. The summed E-state index contributed by atoms with van der Waals surface area (Å²) in [4.78, 5) is 35.7. The van der Waals surface area contributed by atoms with Gasteiger partial charge in [0.25, 0.3) is 5.56 Å². The Morgan fingerprint density at radius 1 is 0.967 bits per heavy atom. The minimum Gasteiger partial charge on any atom is -0.337 e. The maximum absolute atomic E-state index is 13.4. The number of amides is 1. The van der Waals surface area contributed by atoms with Crippen LogP contribution >= 0.6 is 11.8 Å². The molecule has 0 aliphatic rings. The first kappa shape index (κ1) is 19.9. The van der Waals surface area contributed by atoms with E-state index in [4.69, 9.17) is 0 Å². The molecule has 150 valence electrons. The number of hydrogen-bond donors (Lipinski definition) is 1. The Morgan fingerprint density at radius 2 is 1.60 bits per heavy atom. The lowest BCUT2D eigenvalue weighted by atomic mass is 10.1. The van der Waals surface area contributed by atoms with Gasteiger partial charge < -0.3 is 9.88 Å². The molecule has 4 rings (SSSR count). The van der Waals surface area contributed by atoms with Gasteiger partial charge in [0.1, 0.15) is 11.1 Å². The highest BCUT2D eigenvalue weighted by Gasteiger charge is 2.25. The monoisotopic (exact) mass is 415 g/mol. The number of rotatable bonds is 6. The molecule has 3 aromatic carbocycles. The Morgan fingerprint density at radius 3 is 2.33 bits per heavy atom. The number of H-pyrrole nitrogens is 1. The summed E-state index contributed by atoms with van der Waals surface area (Å²) in [6.07, 6.45) is 0. The third-order valence-corrected chi connectivity index (χ3v) is 6.00. The predicted octanol–water partition coefficient (Wildman–Crippen LogP) is 4.42. The van der Waals surface area contributed by atoms with Crippen molar-refractivity contribution in [2.24, 2.45) is 0 Å². The van der Waals surface area contributed by atoms with Crippen LogP contribution in [-0.2, 0) is 11.3 Å². The number of carbonyl (C=O) groups excluding carboxylic acids is 1. The van der Waals surface area contributed by atoms with Gasteiger partial charge in [0.2, 0.25) is 5.91 Å². The molecule has 30 heavy (non-hydrogen) atoms. The van der Waals surface area contributed by atoms with Crippen LogP contribution in [0.3, 0.4) is 0 Å². The SMILES string of the molecule is CN(Cc1nc2ccccc2c(=O)[nH]1)C(=O)C(Sc1ccccc1)c1ccccc1. The average Bonchev–Trinajstić information content (AvgIpc) is 2.78. The lowest BCUT2D eigenvalue weighted by molar-refractivity contribution is -0.130. The highest BCUT2D eigenvalue weighted by molar-refractivity contribution is 8.00. The zero-order valence-corrected chi connectivity index (χ0v) is 17.3. The number of hydrogen-bond acceptors (Lipinski definition) is 4. The van der Waals surface area contributed by atoms with Crippen molar-refractivity contribution in [2.75, 3.05) is 7.05 Å². The number of para-hydroxylation sites is 1. The second-order valence-electron chi connectivity index (χ2n) is 6.95. The third kappa shape index (κ3) is 4.44. The van der Waals surface area contributed by atoms with Crippen molar-refractivity contribution in [3.05, 3.63) is 107 Å².